The molecule has 1 aromatic heterocycles. The Balaban J connectivity index is 1.55. The Hall–Kier alpha value is -3.07. The zero-order valence-electron chi connectivity index (χ0n) is 28.6. The molecule has 2 rings (SSSR count). The van der Waals surface area contributed by atoms with E-state index in [1.54, 1.807) is 0 Å². The number of carboxylic acids is 1. The van der Waals surface area contributed by atoms with Gasteiger partial charge in [0.1, 0.15) is 18.3 Å². The summed E-state index contributed by atoms with van der Waals surface area (Å²) in [7, 11) is 0. The summed E-state index contributed by atoms with van der Waals surface area (Å²) in [5, 5.41) is 35.7. The van der Waals surface area contributed by atoms with Crippen LogP contribution >= 0.6 is 0 Å². The van der Waals surface area contributed by atoms with Gasteiger partial charge < -0.3 is 36.4 Å². The van der Waals surface area contributed by atoms with E-state index in [0.717, 1.165) is 36.1 Å². The van der Waals surface area contributed by atoms with Crippen molar-refractivity contribution in [3.05, 3.63) is 33.1 Å². The maximum Gasteiger partial charge on any atom is 0.330 e. The molecular weight excluding hydrogens is 622 g/mol. The van der Waals surface area contributed by atoms with Crippen molar-refractivity contribution in [3.8, 4) is 0 Å². The highest BCUT2D eigenvalue weighted by Crippen LogP contribution is 2.30. The van der Waals surface area contributed by atoms with Gasteiger partial charge in [-0.15, -0.1) is 0 Å². The number of carbonyl (C=O) groups excluding carboxylic acids is 2. The van der Waals surface area contributed by atoms with Crippen LogP contribution in [0.2, 0.25) is 0 Å². The van der Waals surface area contributed by atoms with Crippen molar-refractivity contribution < 1.29 is 34.4 Å². The number of aliphatic hydroxyl groups is 2. The molecule has 1 aromatic rings. The molecular formula is C34H59N5O9. The smallest absolute Gasteiger partial charge is 0.330 e. The quantitative estimate of drug-likeness (QED) is 0.0708. The Morgan fingerprint density at radius 1 is 0.875 bits per heavy atom. The number of carbonyl (C=O) groups is 3. The van der Waals surface area contributed by atoms with Crippen molar-refractivity contribution in [2.75, 3.05) is 6.54 Å². The first-order valence-corrected chi connectivity index (χ1v) is 17.9. The Kier molecular flexibility index (Phi) is 20.0. The van der Waals surface area contributed by atoms with E-state index in [4.69, 9.17) is 10.5 Å². The first-order valence-electron chi connectivity index (χ1n) is 17.9. The molecule has 1 fully saturated rings. The molecule has 14 nitrogen and oxygen atoms in total. The molecule has 6 atom stereocenters. The molecule has 2 heterocycles. The minimum Gasteiger partial charge on any atom is -0.480 e. The van der Waals surface area contributed by atoms with Crippen molar-refractivity contribution in [1.29, 1.82) is 0 Å². The minimum absolute atomic E-state index is 0.00391. The summed E-state index contributed by atoms with van der Waals surface area (Å²) in [6, 6.07) is -1.85. The first kappa shape index (κ1) is 41.1. The fourth-order valence-electron chi connectivity index (χ4n) is 5.96. The second-order valence-corrected chi connectivity index (χ2v) is 13.0. The first-order chi connectivity index (χ1) is 23.1. The van der Waals surface area contributed by atoms with Crippen LogP contribution in [-0.2, 0) is 19.1 Å². The average Bonchev–Trinajstić information content (AvgIpc) is 3.33. The molecule has 1 aliphatic heterocycles. The van der Waals surface area contributed by atoms with Gasteiger partial charge in [0.15, 0.2) is 12.3 Å². The maximum atomic E-state index is 12.7. The van der Waals surface area contributed by atoms with Gasteiger partial charge in [-0.3, -0.25) is 23.9 Å². The second kappa shape index (κ2) is 23.3. The van der Waals surface area contributed by atoms with Crippen LogP contribution in [0.25, 0.3) is 0 Å². The van der Waals surface area contributed by atoms with E-state index in [0.29, 0.717) is 25.8 Å². The van der Waals surface area contributed by atoms with Gasteiger partial charge in [0, 0.05) is 25.2 Å². The van der Waals surface area contributed by atoms with Gasteiger partial charge in [0.05, 0.1) is 6.04 Å². The van der Waals surface area contributed by atoms with Crippen molar-refractivity contribution in [2.45, 2.75) is 166 Å². The number of ether oxygens (including phenoxy) is 1. The summed E-state index contributed by atoms with van der Waals surface area (Å²) in [6.07, 6.45) is 15.3. The number of hydrogen-bond acceptors (Lipinski definition) is 9. The van der Waals surface area contributed by atoms with E-state index in [2.05, 4.69) is 17.6 Å². The molecule has 0 radical (unpaired) electrons. The number of rotatable bonds is 26. The predicted molar refractivity (Wildman–Crippen MR) is 181 cm³/mol. The van der Waals surface area contributed by atoms with E-state index >= 15 is 0 Å². The standard InChI is InChI=1S/C34H59N5O9/c1-2-3-4-5-6-7-8-9-10-11-12-13-14-15-16-20-25(40)36-22-18-17-19-24(35)31(44)38-27(33(45)46)30-28(42)29(43)32(48-30)39-23-21-26(41)37-34(39)47/h21,23-24,27-30,32,42-43H,2-20,22,35H2,1H3,(H,36,40)(H,38,44)(H,45,46)(H,37,41,47)/t24-,27-,28-,29+,30+,32+/m0/s1. The molecule has 0 aromatic carbocycles. The number of aromatic nitrogens is 2. The SMILES string of the molecule is CCCCCCCCCCCCCCCCCC(=O)NCCCC[C@H](N)C(=O)N[C@H](C(=O)O)[C@H]1O[C@@H](n2ccc(=O)[nH]c2=O)[C@H](O)[C@@H]1O. The van der Waals surface area contributed by atoms with Crippen molar-refractivity contribution >= 4 is 17.8 Å². The number of unbranched alkanes of at least 4 members (excludes halogenated alkanes) is 15. The molecule has 0 spiro atoms. The van der Waals surface area contributed by atoms with Crippen LogP contribution in [0.15, 0.2) is 21.9 Å². The lowest BCUT2D eigenvalue weighted by Gasteiger charge is -2.24. The summed E-state index contributed by atoms with van der Waals surface area (Å²) < 4.78 is 6.29. The lowest BCUT2D eigenvalue weighted by Crippen LogP contribution is -2.56. The summed E-state index contributed by atoms with van der Waals surface area (Å²) in [5.41, 5.74) is 4.34. The highest BCUT2D eigenvalue weighted by Gasteiger charge is 2.50. The van der Waals surface area contributed by atoms with Crippen LogP contribution in [0, 0.1) is 0 Å². The van der Waals surface area contributed by atoms with Gasteiger partial charge in [0.25, 0.3) is 5.56 Å². The van der Waals surface area contributed by atoms with Crippen molar-refractivity contribution in [3.63, 3.8) is 0 Å². The van der Waals surface area contributed by atoms with E-state index in [1.807, 2.05) is 4.98 Å². The van der Waals surface area contributed by atoms with E-state index in [1.165, 1.54) is 77.0 Å². The highest BCUT2D eigenvalue weighted by molar-refractivity contribution is 5.87. The number of nitrogens with two attached hydrogens (primary N) is 1. The summed E-state index contributed by atoms with van der Waals surface area (Å²) in [5.74, 6) is -2.34. The normalized spacial score (nSPS) is 20.3. The van der Waals surface area contributed by atoms with Gasteiger partial charge in [-0.25, -0.2) is 9.59 Å². The van der Waals surface area contributed by atoms with Gasteiger partial charge in [-0.05, 0) is 25.7 Å². The van der Waals surface area contributed by atoms with Gasteiger partial charge in [0.2, 0.25) is 11.8 Å². The number of H-pyrrole nitrogens is 1. The Bertz CT molecular complexity index is 1210. The average molecular weight is 682 g/mol. The van der Waals surface area contributed by atoms with E-state index in [-0.39, 0.29) is 12.3 Å². The minimum atomic E-state index is -1.78. The van der Waals surface area contributed by atoms with E-state index < -0.39 is 59.7 Å². The van der Waals surface area contributed by atoms with Gasteiger partial charge in [-0.2, -0.15) is 0 Å². The van der Waals surface area contributed by atoms with Crippen molar-refractivity contribution in [1.82, 2.24) is 20.2 Å². The number of aromatic amines is 1. The Morgan fingerprint density at radius 3 is 1.98 bits per heavy atom. The van der Waals surface area contributed by atoms with Crippen LogP contribution in [0.3, 0.4) is 0 Å². The molecule has 8 N–H and O–H groups in total. The maximum absolute atomic E-state index is 12.7. The summed E-state index contributed by atoms with van der Waals surface area (Å²) in [6.45, 7) is 2.69. The Labute approximate surface area is 283 Å². The lowest BCUT2D eigenvalue weighted by atomic mass is 10.0. The van der Waals surface area contributed by atoms with Crippen LogP contribution in [-0.4, -0.2) is 79.6 Å². The monoisotopic (exact) mass is 681 g/mol. The zero-order chi connectivity index (χ0) is 35.3. The molecule has 1 aliphatic rings. The van der Waals surface area contributed by atoms with Crippen LogP contribution in [0.4, 0.5) is 0 Å². The van der Waals surface area contributed by atoms with Gasteiger partial charge in [-0.1, -0.05) is 96.8 Å². The van der Waals surface area contributed by atoms with Crippen LogP contribution < -0.4 is 27.6 Å². The predicted octanol–water partition coefficient (Wildman–Crippen LogP) is 2.60. The molecule has 0 saturated carbocycles. The molecule has 14 heteroatoms. The Morgan fingerprint density at radius 2 is 1.44 bits per heavy atom. The van der Waals surface area contributed by atoms with Crippen LogP contribution in [0.1, 0.15) is 135 Å². The lowest BCUT2D eigenvalue weighted by molar-refractivity contribution is -0.149. The molecule has 0 unspecified atom stereocenters. The van der Waals surface area contributed by atoms with Crippen molar-refractivity contribution in [2.24, 2.45) is 5.73 Å². The number of aliphatic hydroxyl groups excluding tert-OH is 2. The fraction of sp³-hybridized carbons (Fsp3) is 0.794. The number of amides is 2. The number of nitrogens with zero attached hydrogens (tertiary/aromatic N) is 1. The van der Waals surface area contributed by atoms with Gasteiger partial charge >= 0.3 is 11.7 Å². The third-order valence-electron chi connectivity index (χ3n) is 8.90. The van der Waals surface area contributed by atoms with Crippen LogP contribution in [0.5, 0.6) is 0 Å². The fourth-order valence-corrected chi connectivity index (χ4v) is 5.96. The number of hydrogen-bond donors (Lipinski definition) is 7. The number of nitrogens with one attached hydrogen (secondary N) is 3. The topological polar surface area (TPSA) is 226 Å². The zero-order valence-corrected chi connectivity index (χ0v) is 28.6. The highest BCUT2D eigenvalue weighted by atomic mass is 16.6. The third-order valence-corrected chi connectivity index (χ3v) is 8.90. The largest absolute Gasteiger partial charge is 0.480 e. The molecule has 2 amide bonds. The number of carboxylic acid groups (broad SMARTS) is 1. The molecule has 1 saturated heterocycles. The van der Waals surface area contributed by atoms with E-state index in [9.17, 15) is 39.3 Å². The third kappa shape index (κ3) is 15.0. The molecule has 0 bridgehead atoms. The molecule has 0 aliphatic carbocycles. The molecule has 274 valence electrons. The summed E-state index contributed by atoms with van der Waals surface area (Å²) >= 11 is 0. The number of aliphatic carboxylic acids is 1. The molecule has 48 heavy (non-hydrogen) atoms. The second-order valence-electron chi connectivity index (χ2n) is 13.0. The summed E-state index contributed by atoms with van der Waals surface area (Å²) in [4.78, 5) is 62.2.